The molecule has 0 bridgehead atoms. The van der Waals surface area contributed by atoms with Crippen LogP contribution in [0.5, 0.6) is 0 Å². The molecule has 0 radical (unpaired) electrons. The van der Waals surface area contributed by atoms with Crippen LogP contribution in [0.15, 0.2) is 22.9 Å². The highest BCUT2D eigenvalue weighted by atomic mass is 16.5. The number of piperazine rings is 1. The number of nitrogens with zero attached hydrogens (tertiary/aromatic N) is 5. The Hall–Kier alpha value is -2.64. The number of hydrogen-bond donors (Lipinski definition) is 0. The summed E-state index contributed by atoms with van der Waals surface area (Å²) in [6.07, 6.45) is 2.17. The third-order valence-electron chi connectivity index (χ3n) is 3.81. The minimum absolute atomic E-state index is 0.281. The predicted molar refractivity (Wildman–Crippen MR) is 83.1 cm³/mol. The Balaban J connectivity index is 1.65. The van der Waals surface area contributed by atoms with Gasteiger partial charge in [-0.25, -0.2) is 9.78 Å². The number of anilines is 1. The maximum absolute atomic E-state index is 11.5. The van der Waals surface area contributed by atoms with Gasteiger partial charge >= 0.3 is 6.09 Å². The normalized spacial score (nSPS) is 14.9. The molecule has 3 heterocycles. The molecule has 0 saturated carbocycles. The Labute approximate surface area is 134 Å². The lowest BCUT2D eigenvalue weighted by atomic mass is 10.2. The third kappa shape index (κ3) is 3.25. The third-order valence-corrected chi connectivity index (χ3v) is 3.81. The first-order chi connectivity index (χ1) is 11.2. The molecule has 2 aromatic rings. The second-order valence-corrected chi connectivity index (χ2v) is 5.21. The smallest absolute Gasteiger partial charge is 0.409 e. The van der Waals surface area contributed by atoms with Crippen molar-refractivity contribution in [3.63, 3.8) is 0 Å². The number of aryl methyl sites for hydroxylation is 1. The van der Waals surface area contributed by atoms with E-state index in [1.807, 2.05) is 19.1 Å². The first-order valence-corrected chi connectivity index (χ1v) is 7.58. The van der Waals surface area contributed by atoms with Gasteiger partial charge in [0.25, 0.3) is 0 Å². The molecule has 0 atom stereocenters. The number of carbonyl (C=O) groups is 1. The molecule has 1 fully saturated rings. The van der Waals surface area contributed by atoms with Crippen LogP contribution in [0.4, 0.5) is 10.6 Å². The van der Waals surface area contributed by atoms with Crippen molar-refractivity contribution in [2.75, 3.05) is 38.2 Å². The summed E-state index contributed by atoms with van der Waals surface area (Å²) in [5.74, 6) is 2.04. The number of methoxy groups -OCH3 is 1. The van der Waals surface area contributed by atoms with Crippen LogP contribution >= 0.6 is 0 Å². The molecule has 0 spiro atoms. The molecule has 0 unspecified atom stereocenters. The van der Waals surface area contributed by atoms with E-state index in [1.165, 1.54) is 7.11 Å². The van der Waals surface area contributed by atoms with Gasteiger partial charge in [-0.05, 0) is 12.1 Å². The number of amides is 1. The van der Waals surface area contributed by atoms with Crippen molar-refractivity contribution in [3.05, 3.63) is 24.2 Å². The molecule has 8 heteroatoms. The zero-order valence-electron chi connectivity index (χ0n) is 13.2. The first-order valence-electron chi connectivity index (χ1n) is 7.58. The molecule has 1 amide bonds. The summed E-state index contributed by atoms with van der Waals surface area (Å²) in [4.78, 5) is 24.1. The van der Waals surface area contributed by atoms with Gasteiger partial charge in [0.05, 0.1) is 7.11 Å². The molecule has 3 rings (SSSR count). The number of pyridine rings is 1. The minimum Gasteiger partial charge on any atom is -0.453 e. The monoisotopic (exact) mass is 317 g/mol. The minimum atomic E-state index is -0.281. The fraction of sp³-hybridized carbons (Fsp3) is 0.467. The lowest BCUT2D eigenvalue weighted by molar-refractivity contribution is 0.121. The van der Waals surface area contributed by atoms with Crippen molar-refractivity contribution < 1.29 is 14.1 Å². The average Bonchev–Trinajstić information content (AvgIpc) is 3.10. The Morgan fingerprint density at radius 2 is 2.09 bits per heavy atom. The second kappa shape index (κ2) is 6.64. The van der Waals surface area contributed by atoms with E-state index >= 15 is 0 Å². The Bertz CT molecular complexity index is 662. The van der Waals surface area contributed by atoms with Gasteiger partial charge < -0.3 is 19.1 Å². The summed E-state index contributed by atoms with van der Waals surface area (Å²) in [7, 11) is 1.40. The predicted octanol–water partition coefficient (Wildman–Crippen LogP) is 1.58. The number of hydrogen-bond acceptors (Lipinski definition) is 7. The summed E-state index contributed by atoms with van der Waals surface area (Å²) in [5.41, 5.74) is 0.824. The quantitative estimate of drug-likeness (QED) is 0.849. The van der Waals surface area contributed by atoms with Crippen molar-refractivity contribution >= 4 is 11.9 Å². The lowest BCUT2D eigenvalue weighted by Gasteiger charge is -2.34. The van der Waals surface area contributed by atoms with Gasteiger partial charge in [0.15, 0.2) is 0 Å². The number of carbonyl (C=O) groups excluding carboxylic acids is 1. The summed E-state index contributed by atoms with van der Waals surface area (Å²) in [6, 6.07) is 3.87. The average molecular weight is 317 g/mol. The topological polar surface area (TPSA) is 84.6 Å². The van der Waals surface area contributed by atoms with Crippen LogP contribution in [0.3, 0.4) is 0 Å². The fourth-order valence-electron chi connectivity index (χ4n) is 2.47. The Morgan fingerprint density at radius 3 is 2.65 bits per heavy atom. The maximum Gasteiger partial charge on any atom is 0.409 e. The van der Waals surface area contributed by atoms with E-state index in [0.717, 1.165) is 24.5 Å². The van der Waals surface area contributed by atoms with Crippen LogP contribution in [0, 0.1) is 0 Å². The highest BCUT2D eigenvalue weighted by Gasteiger charge is 2.22. The summed E-state index contributed by atoms with van der Waals surface area (Å²) in [5, 5.41) is 3.94. The highest BCUT2D eigenvalue weighted by Crippen LogP contribution is 2.19. The standard InChI is InChI=1S/C15H19N5O3/c1-3-13-17-14(18-23-13)11-4-5-12(16-10-11)19-6-8-20(9-7-19)15(21)22-2/h4-5,10H,3,6-9H2,1-2H3. The molecular formula is C15H19N5O3. The van der Waals surface area contributed by atoms with Crippen LogP contribution < -0.4 is 4.90 Å². The molecule has 8 nitrogen and oxygen atoms in total. The van der Waals surface area contributed by atoms with E-state index in [1.54, 1.807) is 11.1 Å². The van der Waals surface area contributed by atoms with Crippen LogP contribution in [0.1, 0.15) is 12.8 Å². The molecule has 0 N–H and O–H groups in total. The zero-order chi connectivity index (χ0) is 16.2. The van der Waals surface area contributed by atoms with E-state index < -0.39 is 0 Å². The van der Waals surface area contributed by atoms with Crippen molar-refractivity contribution in [3.8, 4) is 11.4 Å². The van der Waals surface area contributed by atoms with Crippen molar-refractivity contribution in [1.82, 2.24) is 20.0 Å². The van der Waals surface area contributed by atoms with Crippen LogP contribution in [-0.2, 0) is 11.2 Å². The van der Waals surface area contributed by atoms with Gasteiger partial charge in [-0.3, -0.25) is 0 Å². The maximum atomic E-state index is 11.5. The molecule has 122 valence electrons. The molecule has 1 aliphatic heterocycles. The van der Waals surface area contributed by atoms with E-state index in [4.69, 9.17) is 9.26 Å². The van der Waals surface area contributed by atoms with E-state index in [0.29, 0.717) is 31.2 Å². The van der Waals surface area contributed by atoms with Crippen molar-refractivity contribution in [2.24, 2.45) is 0 Å². The van der Waals surface area contributed by atoms with E-state index in [-0.39, 0.29) is 6.09 Å². The number of ether oxygens (including phenoxy) is 1. The first kappa shape index (κ1) is 15.3. The van der Waals surface area contributed by atoms with Gasteiger partial charge in [-0.1, -0.05) is 12.1 Å². The van der Waals surface area contributed by atoms with Crippen LogP contribution in [0.2, 0.25) is 0 Å². The number of aromatic nitrogens is 3. The van der Waals surface area contributed by atoms with Crippen molar-refractivity contribution in [2.45, 2.75) is 13.3 Å². The van der Waals surface area contributed by atoms with E-state index in [9.17, 15) is 4.79 Å². The Morgan fingerprint density at radius 1 is 1.30 bits per heavy atom. The summed E-state index contributed by atoms with van der Waals surface area (Å²) < 4.78 is 9.85. The number of rotatable bonds is 3. The van der Waals surface area contributed by atoms with Crippen LogP contribution in [0.25, 0.3) is 11.4 Å². The summed E-state index contributed by atoms with van der Waals surface area (Å²) in [6.45, 7) is 4.67. The Kier molecular flexibility index (Phi) is 4.40. The highest BCUT2D eigenvalue weighted by molar-refractivity contribution is 5.68. The van der Waals surface area contributed by atoms with Gasteiger partial charge in [-0.2, -0.15) is 4.98 Å². The molecular weight excluding hydrogens is 298 g/mol. The molecule has 0 aromatic carbocycles. The van der Waals surface area contributed by atoms with Gasteiger partial charge in [0.1, 0.15) is 5.82 Å². The zero-order valence-corrected chi connectivity index (χ0v) is 13.2. The lowest BCUT2D eigenvalue weighted by Crippen LogP contribution is -2.49. The molecule has 1 aliphatic rings. The SMILES string of the molecule is CCc1nc(-c2ccc(N3CCN(C(=O)OC)CC3)nc2)no1. The molecule has 0 aliphatic carbocycles. The molecule has 1 saturated heterocycles. The second-order valence-electron chi connectivity index (χ2n) is 5.21. The molecule has 2 aromatic heterocycles. The molecule has 23 heavy (non-hydrogen) atoms. The van der Waals surface area contributed by atoms with Crippen molar-refractivity contribution in [1.29, 1.82) is 0 Å². The van der Waals surface area contributed by atoms with E-state index in [2.05, 4.69) is 20.0 Å². The van der Waals surface area contributed by atoms with Crippen LogP contribution in [-0.4, -0.2) is 59.4 Å². The van der Waals surface area contributed by atoms with Gasteiger partial charge in [-0.15, -0.1) is 0 Å². The largest absolute Gasteiger partial charge is 0.453 e. The van der Waals surface area contributed by atoms with Gasteiger partial charge in [0.2, 0.25) is 11.7 Å². The fourth-order valence-corrected chi connectivity index (χ4v) is 2.47. The van der Waals surface area contributed by atoms with Gasteiger partial charge in [0, 0.05) is 44.4 Å². The summed E-state index contributed by atoms with van der Waals surface area (Å²) >= 11 is 0.